The van der Waals surface area contributed by atoms with E-state index in [2.05, 4.69) is 4.98 Å². The normalized spacial score (nSPS) is 15.1. The van der Waals surface area contributed by atoms with E-state index in [-0.39, 0.29) is 36.7 Å². The number of amides is 2. The molecule has 2 aromatic carbocycles. The number of nitrogens with one attached hydrogen (secondary N) is 1. The zero-order chi connectivity index (χ0) is 19.5. The molecular weight excluding hydrogens is 388 g/mol. The molecule has 3 aromatic rings. The summed E-state index contributed by atoms with van der Waals surface area (Å²) in [5.41, 5.74) is 8.68. The summed E-state index contributed by atoms with van der Waals surface area (Å²) in [6.07, 6.45) is 0.278. The number of para-hydroxylation sites is 1. The first-order valence-corrected chi connectivity index (χ1v) is 9.57. The fourth-order valence-electron chi connectivity index (χ4n) is 3.65. The highest BCUT2D eigenvalue weighted by Crippen LogP contribution is 2.18. The van der Waals surface area contributed by atoms with Gasteiger partial charge in [-0.15, -0.1) is 12.4 Å². The first-order chi connectivity index (χ1) is 13.6. The summed E-state index contributed by atoms with van der Waals surface area (Å²) in [6, 6.07) is 19.1. The van der Waals surface area contributed by atoms with Crippen molar-refractivity contribution >= 4 is 35.1 Å². The third kappa shape index (κ3) is 4.60. The first kappa shape index (κ1) is 20.9. The Bertz CT molecular complexity index is 948. The minimum absolute atomic E-state index is 0. The Kier molecular flexibility index (Phi) is 6.56. The molecule has 0 bridgehead atoms. The Balaban J connectivity index is 0.00000240. The first-order valence-electron chi connectivity index (χ1n) is 9.57. The zero-order valence-corrected chi connectivity index (χ0v) is 16.9. The number of aromatic nitrogens is 1. The van der Waals surface area contributed by atoms with Gasteiger partial charge in [0, 0.05) is 49.5 Å². The molecule has 0 radical (unpaired) electrons. The van der Waals surface area contributed by atoms with Crippen LogP contribution < -0.4 is 5.73 Å². The predicted molar refractivity (Wildman–Crippen MR) is 116 cm³/mol. The summed E-state index contributed by atoms with van der Waals surface area (Å²) in [5, 5.41) is 1.02. The van der Waals surface area contributed by atoms with Crippen LogP contribution in [0.5, 0.6) is 0 Å². The average molecular weight is 413 g/mol. The summed E-state index contributed by atoms with van der Waals surface area (Å²) in [5.74, 6) is 0.0124. The van der Waals surface area contributed by atoms with Crippen molar-refractivity contribution in [2.75, 3.05) is 26.2 Å². The summed E-state index contributed by atoms with van der Waals surface area (Å²) < 4.78 is 0. The highest BCUT2D eigenvalue weighted by Gasteiger charge is 2.26. The van der Waals surface area contributed by atoms with Gasteiger partial charge in [-0.2, -0.15) is 0 Å². The molecule has 1 aromatic heterocycles. The lowest BCUT2D eigenvalue weighted by Gasteiger charge is -2.35. The molecule has 6 nitrogen and oxygen atoms in total. The largest absolute Gasteiger partial charge is 0.351 e. The van der Waals surface area contributed by atoms with Crippen molar-refractivity contribution in [3.8, 4) is 0 Å². The zero-order valence-electron chi connectivity index (χ0n) is 16.1. The number of benzene rings is 2. The molecule has 1 atom stereocenters. The molecule has 152 valence electrons. The van der Waals surface area contributed by atoms with Gasteiger partial charge in [0.2, 0.25) is 5.91 Å². The van der Waals surface area contributed by atoms with Crippen LogP contribution in [-0.4, -0.2) is 52.8 Å². The van der Waals surface area contributed by atoms with Crippen molar-refractivity contribution in [3.05, 3.63) is 71.9 Å². The molecule has 1 saturated heterocycles. The lowest BCUT2D eigenvalue weighted by molar-refractivity contribution is -0.133. The van der Waals surface area contributed by atoms with Gasteiger partial charge < -0.3 is 20.5 Å². The van der Waals surface area contributed by atoms with Gasteiger partial charge in [0.25, 0.3) is 5.91 Å². The van der Waals surface area contributed by atoms with Crippen LogP contribution in [0.1, 0.15) is 28.5 Å². The molecule has 4 rings (SSSR count). The number of nitrogens with two attached hydrogens (primary N) is 1. The lowest BCUT2D eigenvalue weighted by Crippen LogP contribution is -2.51. The van der Waals surface area contributed by atoms with Crippen molar-refractivity contribution in [1.29, 1.82) is 0 Å². The summed E-state index contributed by atoms with van der Waals surface area (Å²) in [7, 11) is 0. The molecule has 1 aliphatic rings. The van der Waals surface area contributed by atoms with Crippen molar-refractivity contribution in [1.82, 2.24) is 14.8 Å². The standard InChI is InChI=1S/C22H24N4O2.ClH/c23-18(16-6-2-1-3-7-16)15-21(27)25-10-12-26(13-11-25)22(28)20-14-17-8-4-5-9-19(17)24-20;/h1-9,14,18,24H,10-13,15,23H2;1H. The Hall–Kier alpha value is -2.83. The highest BCUT2D eigenvalue weighted by molar-refractivity contribution is 5.98. The van der Waals surface area contributed by atoms with E-state index in [4.69, 9.17) is 5.73 Å². The van der Waals surface area contributed by atoms with Crippen molar-refractivity contribution in [2.24, 2.45) is 5.73 Å². The number of aromatic amines is 1. The second kappa shape index (κ2) is 9.11. The summed E-state index contributed by atoms with van der Waals surface area (Å²) >= 11 is 0. The molecule has 7 heteroatoms. The van der Waals surface area contributed by atoms with Crippen LogP contribution in [0.4, 0.5) is 0 Å². The van der Waals surface area contributed by atoms with Gasteiger partial charge in [-0.3, -0.25) is 9.59 Å². The fourth-order valence-corrected chi connectivity index (χ4v) is 3.65. The van der Waals surface area contributed by atoms with Gasteiger partial charge in [-0.25, -0.2) is 0 Å². The minimum atomic E-state index is -0.306. The van der Waals surface area contributed by atoms with Crippen molar-refractivity contribution in [3.63, 3.8) is 0 Å². The number of carbonyl (C=O) groups excluding carboxylic acids is 2. The van der Waals surface area contributed by atoms with E-state index in [9.17, 15) is 9.59 Å². The van der Waals surface area contributed by atoms with Gasteiger partial charge >= 0.3 is 0 Å². The average Bonchev–Trinajstić information content (AvgIpc) is 3.18. The second-order valence-electron chi connectivity index (χ2n) is 7.16. The van der Waals surface area contributed by atoms with Gasteiger partial charge in [-0.05, 0) is 17.7 Å². The summed E-state index contributed by atoms with van der Waals surface area (Å²) in [6.45, 7) is 2.12. The molecule has 0 spiro atoms. The molecule has 2 heterocycles. The Morgan fingerprint density at radius 2 is 1.55 bits per heavy atom. The molecule has 0 aliphatic carbocycles. The molecule has 29 heavy (non-hydrogen) atoms. The van der Waals surface area contributed by atoms with Gasteiger partial charge in [0.05, 0.1) is 0 Å². The fraction of sp³-hybridized carbons (Fsp3) is 0.273. The molecule has 1 fully saturated rings. The topological polar surface area (TPSA) is 82.4 Å². The van der Waals surface area contributed by atoms with E-state index in [1.807, 2.05) is 60.7 Å². The maximum Gasteiger partial charge on any atom is 0.270 e. The van der Waals surface area contributed by atoms with Crippen LogP contribution in [0.15, 0.2) is 60.7 Å². The number of nitrogens with zero attached hydrogens (tertiary/aromatic N) is 2. The number of H-pyrrole nitrogens is 1. The Morgan fingerprint density at radius 3 is 2.24 bits per heavy atom. The molecular formula is C22H25ClN4O2. The van der Waals surface area contributed by atoms with E-state index in [0.29, 0.717) is 31.9 Å². The smallest absolute Gasteiger partial charge is 0.270 e. The summed E-state index contributed by atoms with van der Waals surface area (Å²) in [4.78, 5) is 32.1. The van der Waals surface area contributed by atoms with Crippen LogP contribution in [0, 0.1) is 0 Å². The molecule has 1 aliphatic heterocycles. The number of piperazine rings is 1. The second-order valence-corrected chi connectivity index (χ2v) is 7.16. The Morgan fingerprint density at radius 1 is 0.931 bits per heavy atom. The minimum Gasteiger partial charge on any atom is -0.351 e. The predicted octanol–water partition coefficient (Wildman–Crippen LogP) is 2.96. The number of fused-ring (bicyclic) bond motifs is 1. The van der Waals surface area contributed by atoms with E-state index < -0.39 is 0 Å². The van der Waals surface area contributed by atoms with E-state index in [1.165, 1.54) is 0 Å². The molecule has 2 amide bonds. The number of hydrogen-bond acceptors (Lipinski definition) is 3. The highest BCUT2D eigenvalue weighted by atomic mass is 35.5. The van der Waals surface area contributed by atoms with Gasteiger partial charge in [-0.1, -0.05) is 48.5 Å². The Labute approximate surface area is 176 Å². The molecule has 3 N–H and O–H groups in total. The quantitative estimate of drug-likeness (QED) is 0.691. The molecule has 1 unspecified atom stereocenters. The number of hydrogen-bond donors (Lipinski definition) is 2. The number of rotatable bonds is 4. The number of carbonyl (C=O) groups is 2. The maximum absolute atomic E-state index is 12.8. The third-order valence-corrected chi connectivity index (χ3v) is 5.30. The van der Waals surface area contributed by atoms with E-state index in [0.717, 1.165) is 16.5 Å². The van der Waals surface area contributed by atoms with Gasteiger partial charge in [0.1, 0.15) is 5.69 Å². The molecule has 0 saturated carbocycles. The van der Waals surface area contributed by atoms with Crippen molar-refractivity contribution < 1.29 is 9.59 Å². The van der Waals surface area contributed by atoms with E-state index >= 15 is 0 Å². The number of halogens is 1. The SMILES string of the molecule is Cl.NC(CC(=O)N1CCN(C(=O)c2cc3ccccc3[nH]2)CC1)c1ccccc1. The van der Waals surface area contributed by atoms with Crippen LogP contribution >= 0.6 is 12.4 Å². The lowest BCUT2D eigenvalue weighted by atomic mass is 10.0. The maximum atomic E-state index is 12.8. The van der Waals surface area contributed by atoms with Crippen LogP contribution in [0.2, 0.25) is 0 Å². The van der Waals surface area contributed by atoms with Crippen LogP contribution in [0.3, 0.4) is 0 Å². The van der Waals surface area contributed by atoms with Crippen LogP contribution in [0.25, 0.3) is 10.9 Å². The van der Waals surface area contributed by atoms with Crippen LogP contribution in [-0.2, 0) is 4.79 Å². The van der Waals surface area contributed by atoms with Crippen molar-refractivity contribution in [2.45, 2.75) is 12.5 Å². The van der Waals surface area contributed by atoms with Gasteiger partial charge in [0.15, 0.2) is 0 Å². The third-order valence-electron chi connectivity index (χ3n) is 5.30. The monoisotopic (exact) mass is 412 g/mol. The van der Waals surface area contributed by atoms with E-state index in [1.54, 1.807) is 9.80 Å².